The molecular weight excluding hydrogens is 262 g/mol. The highest BCUT2D eigenvalue weighted by Crippen LogP contribution is 2.34. The standard InChI is InChI=1S/C14H18ClN3O/c1-3-11-9-16-13(15)17-12(11)18-14(10(2)19)7-5-4-6-8-14/h1,9-10,19H,4-8H2,2H3,(H,16,17,18). The van der Waals surface area contributed by atoms with Crippen molar-refractivity contribution in [1.29, 1.82) is 0 Å². The minimum absolute atomic E-state index is 0.151. The number of hydrogen-bond acceptors (Lipinski definition) is 4. The van der Waals surface area contributed by atoms with E-state index in [1.165, 1.54) is 12.6 Å². The fraction of sp³-hybridized carbons (Fsp3) is 0.571. The fourth-order valence-electron chi connectivity index (χ4n) is 2.63. The summed E-state index contributed by atoms with van der Waals surface area (Å²) in [5, 5.41) is 13.6. The van der Waals surface area contributed by atoms with E-state index in [1.54, 1.807) is 6.92 Å². The van der Waals surface area contributed by atoms with Gasteiger partial charge >= 0.3 is 0 Å². The maximum Gasteiger partial charge on any atom is 0.224 e. The van der Waals surface area contributed by atoms with E-state index in [2.05, 4.69) is 21.2 Å². The molecule has 1 unspecified atom stereocenters. The molecule has 1 aliphatic carbocycles. The van der Waals surface area contributed by atoms with Gasteiger partial charge in [0.25, 0.3) is 0 Å². The van der Waals surface area contributed by atoms with E-state index in [0.717, 1.165) is 25.7 Å². The minimum Gasteiger partial charge on any atom is -0.391 e. The van der Waals surface area contributed by atoms with E-state index >= 15 is 0 Å². The summed E-state index contributed by atoms with van der Waals surface area (Å²) in [7, 11) is 0. The lowest BCUT2D eigenvalue weighted by Crippen LogP contribution is -2.49. The van der Waals surface area contributed by atoms with Crippen molar-refractivity contribution < 1.29 is 5.11 Å². The van der Waals surface area contributed by atoms with Gasteiger partial charge in [-0.05, 0) is 31.4 Å². The van der Waals surface area contributed by atoms with Crippen LogP contribution in [0, 0.1) is 12.3 Å². The van der Waals surface area contributed by atoms with Crippen molar-refractivity contribution in [2.75, 3.05) is 5.32 Å². The first-order chi connectivity index (χ1) is 9.07. The summed E-state index contributed by atoms with van der Waals surface area (Å²) in [6, 6.07) is 0. The number of aliphatic hydroxyl groups is 1. The summed E-state index contributed by atoms with van der Waals surface area (Å²) in [4.78, 5) is 8.04. The molecule has 1 fully saturated rings. The van der Waals surface area contributed by atoms with Crippen LogP contribution in [-0.4, -0.2) is 26.7 Å². The third kappa shape index (κ3) is 2.99. The van der Waals surface area contributed by atoms with E-state index in [4.69, 9.17) is 18.0 Å². The minimum atomic E-state index is -0.479. The van der Waals surface area contributed by atoms with E-state index in [9.17, 15) is 5.11 Å². The number of halogens is 1. The van der Waals surface area contributed by atoms with Gasteiger partial charge in [0.05, 0.1) is 17.2 Å². The third-order valence-corrected chi connectivity index (χ3v) is 4.01. The summed E-state index contributed by atoms with van der Waals surface area (Å²) in [6.07, 6.45) is 11.7. The average Bonchev–Trinajstić information content (AvgIpc) is 2.40. The summed E-state index contributed by atoms with van der Waals surface area (Å²) >= 11 is 5.82. The van der Waals surface area contributed by atoms with Crippen LogP contribution in [0.1, 0.15) is 44.6 Å². The van der Waals surface area contributed by atoms with Gasteiger partial charge in [-0.2, -0.15) is 4.98 Å². The van der Waals surface area contributed by atoms with E-state index < -0.39 is 6.10 Å². The number of terminal acetylenes is 1. The normalized spacial score (nSPS) is 19.5. The monoisotopic (exact) mass is 279 g/mol. The molecule has 1 atom stereocenters. The Morgan fingerprint density at radius 2 is 2.16 bits per heavy atom. The van der Waals surface area contributed by atoms with Crippen molar-refractivity contribution in [3.63, 3.8) is 0 Å². The summed E-state index contributed by atoms with van der Waals surface area (Å²) in [5.41, 5.74) is 0.191. The average molecular weight is 280 g/mol. The van der Waals surface area contributed by atoms with Gasteiger partial charge in [0.2, 0.25) is 5.28 Å². The molecule has 1 aromatic rings. The van der Waals surface area contributed by atoms with Crippen LogP contribution < -0.4 is 5.32 Å². The van der Waals surface area contributed by atoms with Crippen LogP contribution in [0.25, 0.3) is 0 Å². The van der Waals surface area contributed by atoms with E-state index in [-0.39, 0.29) is 10.8 Å². The molecule has 4 nitrogen and oxygen atoms in total. The van der Waals surface area contributed by atoms with Gasteiger partial charge in [-0.15, -0.1) is 6.42 Å². The second-order valence-electron chi connectivity index (χ2n) is 5.06. The molecule has 0 aliphatic heterocycles. The molecular formula is C14H18ClN3O. The number of nitrogens with zero attached hydrogens (tertiary/aromatic N) is 2. The molecule has 1 aromatic heterocycles. The molecule has 0 aromatic carbocycles. The van der Waals surface area contributed by atoms with E-state index in [1.807, 2.05) is 0 Å². The van der Waals surface area contributed by atoms with Crippen molar-refractivity contribution in [2.45, 2.75) is 50.7 Å². The topological polar surface area (TPSA) is 58.0 Å². The Bertz CT molecular complexity index is 490. The van der Waals surface area contributed by atoms with Crippen LogP contribution in [-0.2, 0) is 0 Å². The molecule has 102 valence electrons. The van der Waals surface area contributed by atoms with Gasteiger partial charge in [0, 0.05) is 6.20 Å². The predicted octanol–water partition coefficient (Wildman–Crippen LogP) is 2.61. The molecule has 1 saturated carbocycles. The van der Waals surface area contributed by atoms with E-state index in [0.29, 0.717) is 11.4 Å². The Morgan fingerprint density at radius 3 is 2.74 bits per heavy atom. The number of aromatic nitrogens is 2. The SMILES string of the molecule is C#Cc1cnc(Cl)nc1NC1(C(C)O)CCCCC1. The molecule has 0 saturated heterocycles. The fourth-order valence-corrected chi connectivity index (χ4v) is 2.76. The zero-order valence-corrected chi connectivity index (χ0v) is 11.7. The van der Waals surface area contributed by atoms with Crippen LogP contribution in [0.4, 0.5) is 5.82 Å². The number of aliphatic hydroxyl groups excluding tert-OH is 1. The lowest BCUT2D eigenvalue weighted by molar-refractivity contribution is 0.0874. The van der Waals surface area contributed by atoms with Crippen molar-refractivity contribution in [2.24, 2.45) is 0 Å². The zero-order valence-electron chi connectivity index (χ0n) is 11.0. The first-order valence-electron chi connectivity index (χ1n) is 6.53. The van der Waals surface area contributed by atoms with Crippen molar-refractivity contribution in [1.82, 2.24) is 9.97 Å². The number of nitrogens with one attached hydrogen (secondary N) is 1. The molecule has 0 radical (unpaired) electrons. The van der Waals surface area contributed by atoms with Crippen LogP contribution in [0.2, 0.25) is 5.28 Å². The number of rotatable bonds is 3. The van der Waals surface area contributed by atoms with Crippen LogP contribution in [0.5, 0.6) is 0 Å². The Hall–Kier alpha value is -1.31. The van der Waals surface area contributed by atoms with Crippen molar-refractivity contribution in [3.8, 4) is 12.3 Å². The van der Waals surface area contributed by atoms with Crippen molar-refractivity contribution in [3.05, 3.63) is 17.0 Å². The molecule has 0 amide bonds. The molecule has 0 bridgehead atoms. The van der Waals surface area contributed by atoms with Gasteiger partial charge in [0.1, 0.15) is 5.82 Å². The highest BCUT2D eigenvalue weighted by molar-refractivity contribution is 6.28. The molecule has 2 rings (SSSR count). The summed E-state index contributed by atoms with van der Waals surface area (Å²) < 4.78 is 0. The smallest absolute Gasteiger partial charge is 0.224 e. The number of anilines is 1. The molecule has 19 heavy (non-hydrogen) atoms. The number of hydrogen-bond donors (Lipinski definition) is 2. The maximum atomic E-state index is 10.1. The quantitative estimate of drug-likeness (QED) is 0.660. The molecule has 1 aliphatic rings. The first-order valence-corrected chi connectivity index (χ1v) is 6.90. The third-order valence-electron chi connectivity index (χ3n) is 3.83. The first kappa shape index (κ1) is 14.1. The lowest BCUT2D eigenvalue weighted by atomic mass is 9.78. The zero-order chi connectivity index (χ0) is 13.9. The van der Waals surface area contributed by atoms with Crippen LogP contribution in [0.15, 0.2) is 6.20 Å². The van der Waals surface area contributed by atoms with Gasteiger partial charge in [-0.1, -0.05) is 25.2 Å². The maximum absolute atomic E-state index is 10.1. The Labute approximate surface area is 118 Å². The Balaban J connectivity index is 2.32. The molecule has 2 N–H and O–H groups in total. The molecule has 0 spiro atoms. The molecule has 5 heteroatoms. The predicted molar refractivity (Wildman–Crippen MR) is 76.1 cm³/mol. The largest absolute Gasteiger partial charge is 0.391 e. The Morgan fingerprint density at radius 1 is 1.47 bits per heavy atom. The molecule has 1 heterocycles. The second kappa shape index (κ2) is 5.77. The Kier molecular flexibility index (Phi) is 4.28. The highest BCUT2D eigenvalue weighted by atomic mass is 35.5. The van der Waals surface area contributed by atoms with Crippen LogP contribution >= 0.6 is 11.6 Å². The van der Waals surface area contributed by atoms with Gasteiger partial charge < -0.3 is 10.4 Å². The summed E-state index contributed by atoms with van der Waals surface area (Å²) in [5.74, 6) is 3.07. The highest BCUT2D eigenvalue weighted by Gasteiger charge is 2.37. The van der Waals surface area contributed by atoms with Gasteiger partial charge in [-0.25, -0.2) is 4.98 Å². The van der Waals surface area contributed by atoms with Crippen LogP contribution in [0.3, 0.4) is 0 Å². The summed E-state index contributed by atoms with van der Waals surface area (Å²) in [6.45, 7) is 1.80. The second-order valence-corrected chi connectivity index (χ2v) is 5.40. The van der Waals surface area contributed by atoms with Crippen molar-refractivity contribution >= 4 is 17.4 Å². The van der Waals surface area contributed by atoms with Gasteiger partial charge in [0.15, 0.2) is 0 Å². The lowest BCUT2D eigenvalue weighted by Gasteiger charge is -2.41. The van der Waals surface area contributed by atoms with Gasteiger partial charge in [-0.3, -0.25) is 0 Å².